The van der Waals surface area contributed by atoms with Crippen LogP contribution in [-0.4, -0.2) is 16.8 Å². The normalized spacial score (nSPS) is 15.6. The largest absolute Gasteiger partial charge is 0.274 e. The number of anilines is 1. The minimum Gasteiger partial charge on any atom is -0.274 e. The van der Waals surface area contributed by atoms with E-state index in [9.17, 15) is 9.59 Å². The highest BCUT2D eigenvalue weighted by Gasteiger charge is 2.34. The van der Waals surface area contributed by atoms with Gasteiger partial charge in [-0.3, -0.25) is 14.6 Å². The van der Waals surface area contributed by atoms with Crippen LogP contribution in [0.2, 0.25) is 5.02 Å². The van der Waals surface area contributed by atoms with Crippen LogP contribution in [0, 0.1) is 0 Å². The summed E-state index contributed by atoms with van der Waals surface area (Å²) in [5.41, 5.74) is 3.91. The molecule has 132 valence electrons. The summed E-state index contributed by atoms with van der Waals surface area (Å²) < 4.78 is 0. The fourth-order valence-corrected chi connectivity index (χ4v) is 3.18. The molecule has 1 fully saturated rings. The maximum Gasteiger partial charge on any atom is 0.261 e. The Bertz CT molecular complexity index is 1030. The maximum atomic E-state index is 12.7. The van der Waals surface area contributed by atoms with Gasteiger partial charge < -0.3 is 0 Å². The average Bonchev–Trinajstić information content (AvgIpc) is 2.98. The number of carbonyl (C=O) groups excluding carboxylic acids is 2. The molecule has 0 unspecified atom stereocenters. The smallest absolute Gasteiger partial charge is 0.261 e. The highest BCUT2D eigenvalue weighted by Crippen LogP contribution is 2.29. The zero-order valence-electron chi connectivity index (χ0n) is 14.3. The van der Waals surface area contributed by atoms with E-state index >= 15 is 0 Å². The number of pyridine rings is 1. The Balaban J connectivity index is 1.60. The lowest BCUT2D eigenvalue weighted by atomic mass is 10.1. The molecule has 0 aliphatic carbocycles. The molecule has 0 radical (unpaired) electrons. The van der Waals surface area contributed by atoms with Crippen LogP contribution < -0.4 is 4.90 Å². The average molecular weight is 375 g/mol. The Morgan fingerprint density at radius 3 is 2.15 bits per heavy atom. The van der Waals surface area contributed by atoms with Gasteiger partial charge in [-0.1, -0.05) is 35.9 Å². The lowest BCUT2D eigenvalue weighted by Crippen LogP contribution is -2.28. The molecular formula is C22H15ClN2O2. The monoisotopic (exact) mass is 374 g/mol. The van der Waals surface area contributed by atoms with Crippen molar-refractivity contribution in [3.63, 3.8) is 0 Å². The molecule has 2 heterocycles. The Kier molecular flexibility index (Phi) is 4.57. The minimum atomic E-state index is -0.286. The van der Waals surface area contributed by atoms with Gasteiger partial charge in [0.2, 0.25) is 5.91 Å². The molecule has 4 nitrogen and oxygen atoms in total. The first-order valence-electron chi connectivity index (χ1n) is 8.46. The van der Waals surface area contributed by atoms with Crippen LogP contribution in [0.1, 0.15) is 12.0 Å². The molecule has 2 aromatic carbocycles. The second-order valence-electron chi connectivity index (χ2n) is 6.21. The van der Waals surface area contributed by atoms with Crippen molar-refractivity contribution in [1.29, 1.82) is 0 Å². The van der Waals surface area contributed by atoms with Crippen molar-refractivity contribution in [1.82, 2.24) is 4.98 Å². The first-order valence-corrected chi connectivity index (χ1v) is 8.83. The quantitative estimate of drug-likeness (QED) is 0.491. The molecule has 0 N–H and O–H groups in total. The van der Waals surface area contributed by atoms with Crippen molar-refractivity contribution in [3.05, 3.63) is 89.2 Å². The Morgan fingerprint density at radius 2 is 1.48 bits per heavy atom. The van der Waals surface area contributed by atoms with Crippen molar-refractivity contribution < 1.29 is 9.59 Å². The summed E-state index contributed by atoms with van der Waals surface area (Å²) in [4.78, 5) is 30.4. The molecule has 0 spiro atoms. The molecule has 4 rings (SSSR count). The summed E-state index contributed by atoms with van der Waals surface area (Å²) in [6.45, 7) is 0. The molecule has 0 saturated carbocycles. The predicted molar refractivity (Wildman–Crippen MR) is 106 cm³/mol. The van der Waals surface area contributed by atoms with E-state index in [1.165, 1.54) is 4.90 Å². The van der Waals surface area contributed by atoms with Gasteiger partial charge in [-0.05, 0) is 59.2 Å². The lowest BCUT2D eigenvalue weighted by molar-refractivity contribution is -0.120. The standard InChI is InChI=1S/C22H15ClN2O2/c23-19-5-1-15(2-6-19)13-18-14-21(26)25(22(18)27)20-7-3-16(4-8-20)17-9-11-24-12-10-17/h1-13H,14H2/b18-13+. The number of hydrogen-bond acceptors (Lipinski definition) is 3. The summed E-state index contributed by atoms with van der Waals surface area (Å²) in [6, 6.07) is 18.3. The zero-order valence-corrected chi connectivity index (χ0v) is 15.1. The number of hydrogen-bond donors (Lipinski definition) is 0. The van der Waals surface area contributed by atoms with Gasteiger partial charge in [-0.25, -0.2) is 4.90 Å². The van der Waals surface area contributed by atoms with Crippen molar-refractivity contribution in [2.45, 2.75) is 6.42 Å². The lowest BCUT2D eigenvalue weighted by Gasteiger charge is -2.14. The van der Waals surface area contributed by atoms with E-state index in [4.69, 9.17) is 11.6 Å². The van der Waals surface area contributed by atoms with E-state index in [2.05, 4.69) is 4.98 Å². The Labute approximate surface area is 161 Å². The molecule has 1 saturated heterocycles. The second-order valence-corrected chi connectivity index (χ2v) is 6.65. The van der Waals surface area contributed by atoms with Crippen LogP contribution >= 0.6 is 11.6 Å². The fraction of sp³-hybridized carbons (Fsp3) is 0.0455. The number of amides is 2. The number of benzene rings is 2. The van der Waals surface area contributed by atoms with Crippen LogP contribution in [0.25, 0.3) is 17.2 Å². The second kappa shape index (κ2) is 7.17. The Hall–Kier alpha value is -3.24. The molecule has 2 amide bonds. The first-order chi connectivity index (χ1) is 13.1. The van der Waals surface area contributed by atoms with Gasteiger partial charge in [0.15, 0.2) is 0 Å². The summed E-state index contributed by atoms with van der Waals surface area (Å²) in [7, 11) is 0. The van der Waals surface area contributed by atoms with Crippen LogP contribution in [0.5, 0.6) is 0 Å². The number of imide groups is 1. The van der Waals surface area contributed by atoms with Gasteiger partial charge in [0.25, 0.3) is 5.91 Å². The number of rotatable bonds is 3. The van der Waals surface area contributed by atoms with E-state index in [-0.39, 0.29) is 18.2 Å². The summed E-state index contributed by atoms with van der Waals surface area (Å²) in [6.07, 6.45) is 5.28. The topological polar surface area (TPSA) is 50.3 Å². The van der Waals surface area contributed by atoms with E-state index in [1.807, 2.05) is 36.4 Å². The fourth-order valence-electron chi connectivity index (χ4n) is 3.06. The molecule has 0 atom stereocenters. The predicted octanol–water partition coefficient (Wildman–Crippen LogP) is 4.75. The molecule has 0 bridgehead atoms. The van der Waals surface area contributed by atoms with Crippen molar-refractivity contribution in [2.75, 3.05) is 4.90 Å². The van der Waals surface area contributed by atoms with Gasteiger partial charge in [0.1, 0.15) is 0 Å². The molecule has 3 aromatic rings. The number of aromatic nitrogens is 1. The van der Waals surface area contributed by atoms with Gasteiger partial charge in [-0.15, -0.1) is 0 Å². The molecule has 1 aliphatic heterocycles. The van der Waals surface area contributed by atoms with Gasteiger partial charge >= 0.3 is 0 Å². The third-order valence-corrected chi connectivity index (χ3v) is 4.67. The molecule has 5 heteroatoms. The molecular weight excluding hydrogens is 360 g/mol. The zero-order chi connectivity index (χ0) is 18.8. The summed E-state index contributed by atoms with van der Waals surface area (Å²) in [5.74, 6) is -0.511. The number of carbonyl (C=O) groups is 2. The minimum absolute atomic E-state index is 0.0908. The van der Waals surface area contributed by atoms with Crippen LogP contribution in [-0.2, 0) is 9.59 Å². The van der Waals surface area contributed by atoms with Gasteiger partial charge in [0, 0.05) is 23.0 Å². The van der Waals surface area contributed by atoms with Crippen molar-refractivity contribution >= 4 is 35.2 Å². The highest BCUT2D eigenvalue weighted by molar-refractivity contribution is 6.31. The Morgan fingerprint density at radius 1 is 0.852 bits per heavy atom. The third-order valence-electron chi connectivity index (χ3n) is 4.42. The van der Waals surface area contributed by atoms with Crippen LogP contribution in [0.15, 0.2) is 78.6 Å². The SMILES string of the molecule is O=C1C/C(=C\c2ccc(Cl)cc2)C(=O)N1c1ccc(-c2ccncc2)cc1. The number of nitrogens with zero attached hydrogens (tertiary/aromatic N) is 2. The van der Waals surface area contributed by atoms with Crippen LogP contribution in [0.3, 0.4) is 0 Å². The van der Waals surface area contributed by atoms with E-state index < -0.39 is 0 Å². The molecule has 1 aromatic heterocycles. The van der Waals surface area contributed by atoms with E-state index in [0.717, 1.165) is 16.7 Å². The third kappa shape index (κ3) is 3.52. The van der Waals surface area contributed by atoms with Gasteiger partial charge in [0.05, 0.1) is 12.1 Å². The summed E-state index contributed by atoms with van der Waals surface area (Å²) in [5, 5.41) is 0.627. The highest BCUT2D eigenvalue weighted by atomic mass is 35.5. The number of halogens is 1. The maximum absolute atomic E-state index is 12.7. The van der Waals surface area contributed by atoms with Crippen molar-refractivity contribution in [2.24, 2.45) is 0 Å². The first kappa shape index (κ1) is 17.2. The molecule has 1 aliphatic rings. The van der Waals surface area contributed by atoms with Crippen molar-refractivity contribution in [3.8, 4) is 11.1 Å². The molecule has 27 heavy (non-hydrogen) atoms. The van der Waals surface area contributed by atoms with Gasteiger partial charge in [-0.2, -0.15) is 0 Å². The van der Waals surface area contributed by atoms with Crippen LogP contribution in [0.4, 0.5) is 5.69 Å². The summed E-state index contributed by atoms with van der Waals surface area (Å²) >= 11 is 5.89. The van der Waals surface area contributed by atoms with E-state index in [0.29, 0.717) is 16.3 Å². The van der Waals surface area contributed by atoms with E-state index in [1.54, 1.807) is 42.7 Å².